The fourth-order valence-electron chi connectivity index (χ4n) is 3.67. The van der Waals surface area contributed by atoms with Gasteiger partial charge in [0.05, 0.1) is 17.2 Å². The molecule has 2 N–H and O–H groups in total. The van der Waals surface area contributed by atoms with Gasteiger partial charge in [-0.3, -0.25) is 9.59 Å². The highest BCUT2D eigenvalue weighted by Gasteiger charge is 2.31. The number of aromatic nitrogens is 2. The summed E-state index contributed by atoms with van der Waals surface area (Å²) >= 11 is 0. The molecule has 1 aliphatic heterocycles. The van der Waals surface area contributed by atoms with Crippen LogP contribution in [0.1, 0.15) is 17.2 Å². The number of aryl methyl sites for hydroxylation is 2. The van der Waals surface area contributed by atoms with E-state index in [0.717, 1.165) is 4.68 Å². The minimum Gasteiger partial charge on any atom is -0.327 e. The molecule has 2 heterocycles. The SMILES string of the molecule is Cc1cc(F)c(-c2ccnn(C)c2=O)cc1NC(=O)C1=CN(C)C(=O)NC1c1ccc(F)cc1. The van der Waals surface area contributed by atoms with Crippen LogP contribution in [0.15, 0.2) is 65.2 Å². The Morgan fingerprint density at radius 1 is 1.06 bits per heavy atom. The Morgan fingerprint density at radius 2 is 1.76 bits per heavy atom. The van der Waals surface area contributed by atoms with Crippen LogP contribution >= 0.6 is 0 Å². The van der Waals surface area contributed by atoms with E-state index < -0.39 is 35.2 Å². The van der Waals surface area contributed by atoms with Crippen molar-refractivity contribution in [3.05, 3.63) is 93.5 Å². The van der Waals surface area contributed by atoms with Gasteiger partial charge >= 0.3 is 6.03 Å². The van der Waals surface area contributed by atoms with E-state index in [1.807, 2.05) is 0 Å². The fourth-order valence-corrected chi connectivity index (χ4v) is 3.67. The van der Waals surface area contributed by atoms with Gasteiger partial charge in [0.1, 0.15) is 11.6 Å². The third kappa shape index (κ3) is 4.29. The molecule has 0 spiro atoms. The van der Waals surface area contributed by atoms with E-state index in [1.165, 1.54) is 73.9 Å². The molecule has 0 saturated carbocycles. The molecule has 0 bridgehead atoms. The number of benzene rings is 2. The van der Waals surface area contributed by atoms with E-state index in [9.17, 15) is 23.2 Å². The van der Waals surface area contributed by atoms with Crippen LogP contribution in [0.4, 0.5) is 19.3 Å². The highest BCUT2D eigenvalue weighted by Crippen LogP contribution is 2.30. The Labute approximate surface area is 193 Å². The molecule has 3 amide bonds. The van der Waals surface area contributed by atoms with Crippen LogP contribution in [0.2, 0.25) is 0 Å². The van der Waals surface area contributed by atoms with Crippen LogP contribution in [0.5, 0.6) is 0 Å². The van der Waals surface area contributed by atoms with Gasteiger partial charge in [-0.25, -0.2) is 18.3 Å². The second-order valence-corrected chi connectivity index (χ2v) is 7.90. The van der Waals surface area contributed by atoms with Crippen LogP contribution in [0, 0.1) is 18.6 Å². The monoisotopic (exact) mass is 465 g/mol. The molecule has 2 aromatic carbocycles. The Balaban J connectivity index is 1.71. The van der Waals surface area contributed by atoms with E-state index in [2.05, 4.69) is 15.7 Å². The lowest BCUT2D eigenvalue weighted by Crippen LogP contribution is -2.44. The van der Waals surface area contributed by atoms with Gasteiger partial charge < -0.3 is 15.5 Å². The van der Waals surface area contributed by atoms with Crippen LogP contribution < -0.4 is 16.2 Å². The Morgan fingerprint density at radius 3 is 2.47 bits per heavy atom. The summed E-state index contributed by atoms with van der Waals surface area (Å²) in [4.78, 5) is 39.1. The van der Waals surface area contributed by atoms with E-state index >= 15 is 0 Å². The lowest BCUT2D eigenvalue weighted by molar-refractivity contribution is -0.113. The second-order valence-electron chi connectivity index (χ2n) is 7.90. The van der Waals surface area contributed by atoms with Gasteiger partial charge in [0.25, 0.3) is 11.5 Å². The molecule has 1 aliphatic rings. The number of nitrogens with zero attached hydrogens (tertiary/aromatic N) is 3. The molecule has 8 nitrogen and oxygen atoms in total. The first-order valence-corrected chi connectivity index (χ1v) is 10.3. The van der Waals surface area contributed by atoms with E-state index in [-0.39, 0.29) is 16.7 Å². The summed E-state index contributed by atoms with van der Waals surface area (Å²) in [6.45, 7) is 1.62. The van der Waals surface area contributed by atoms with Crippen molar-refractivity contribution in [2.45, 2.75) is 13.0 Å². The number of hydrogen-bond acceptors (Lipinski definition) is 4. The highest BCUT2D eigenvalue weighted by molar-refractivity contribution is 6.06. The highest BCUT2D eigenvalue weighted by atomic mass is 19.1. The Bertz CT molecular complexity index is 1380. The van der Waals surface area contributed by atoms with Gasteiger partial charge in [-0.05, 0) is 48.4 Å². The quantitative estimate of drug-likeness (QED) is 0.618. The first kappa shape index (κ1) is 22.8. The second kappa shape index (κ2) is 8.89. The molecule has 0 saturated heterocycles. The van der Waals surface area contributed by atoms with E-state index in [0.29, 0.717) is 16.8 Å². The number of amides is 3. The topological polar surface area (TPSA) is 96.3 Å². The normalized spacial score (nSPS) is 15.6. The van der Waals surface area contributed by atoms with Crippen molar-refractivity contribution in [3.8, 4) is 11.1 Å². The lowest BCUT2D eigenvalue weighted by atomic mass is 9.96. The van der Waals surface area contributed by atoms with Crippen molar-refractivity contribution >= 4 is 17.6 Å². The van der Waals surface area contributed by atoms with Crippen LogP contribution in [-0.2, 0) is 11.8 Å². The molecule has 3 aromatic rings. The summed E-state index contributed by atoms with van der Waals surface area (Å²) in [6.07, 6.45) is 2.77. The number of anilines is 1. The zero-order valence-electron chi connectivity index (χ0n) is 18.6. The maximum absolute atomic E-state index is 14.8. The molecular formula is C24H21F2N5O3. The van der Waals surface area contributed by atoms with Gasteiger partial charge in [0.15, 0.2) is 0 Å². The van der Waals surface area contributed by atoms with Crippen molar-refractivity contribution in [2.75, 3.05) is 12.4 Å². The van der Waals surface area contributed by atoms with Crippen molar-refractivity contribution in [1.82, 2.24) is 20.0 Å². The predicted octanol–water partition coefficient (Wildman–Crippen LogP) is 3.25. The van der Waals surface area contributed by atoms with E-state index in [1.54, 1.807) is 6.92 Å². The van der Waals surface area contributed by atoms with Gasteiger partial charge in [0, 0.05) is 37.7 Å². The van der Waals surface area contributed by atoms with Crippen LogP contribution in [-0.4, -0.2) is 33.7 Å². The van der Waals surface area contributed by atoms with Gasteiger partial charge in [-0.15, -0.1) is 0 Å². The number of halogens is 2. The molecule has 1 atom stereocenters. The third-order valence-corrected chi connectivity index (χ3v) is 5.56. The van der Waals surface area contributed by atoms with Crippen molar-refractivity contribution in [3.63, 3.8) is 0 Å². The average Bonchev–Trinajstić information content (AvgIpc) is 2.80. The Hall–Kier alpha value is -4.34. The van der Waals surface area contributed by atoms with Gasteiger partial charge in [-0.2, -0.15) is 5.10 Å². The third-order valence-electron chi connectivity index (χ3n) is 5.56. The van der Waals surface area contributed by atoms with Gasteiger partial charge in [0.2, 0.25) is 0 Å². The molecule has 1 unspecified atom stereocenters. The molecule has 0 radical (unpaired) electrons. The summed E-state index contributed by atoms with van der Waals surface area (Å²) in [5, 5.41) is 9.31. The molecule has 1 aromatic heterocycles. The summed E-state index contributed by atoms with van der Waals surface area (Å²) in [5.41, 5.74) is 1.06. The minimum absolute atomic E-state index is 0.0158. The number of rotatable bonds is 4. The molecule has 4 rings (SSSR count). The number of urea groups is 1. The van der Waals surface area contributed by atoms with Crippen LogP contribution in [0.3, 0.4) is 0 Å². The summed E-state index contributed by atoms with van der Waals surface area (Å²) in [5.74, 6) is -1.62. The smallest absolute Gasteiger partial charge is 0.321 e. The van der Waals surface area contributed by atoms with E-state index in [4.69, 9.17) is 0 Å². The first-order valence-electron chi connectivity index (χ1n) is 10.3. The molecule has 10 heteroatoms. The fraction of sp³-hybridized carbons (Fsp3) is 0.167. The standard InChI is InChI=1S/C24H21F2N5O3/c1-13-10-19(26)17(16-8-9-27-31(3)23(16)33)11-20(13)28-22(32)18-12-30(2)24(34)29-21(18)14-4-6-15(25)7-5-14/h4-12,21H,1-3H3,(H,28,32)(H,29,34). The molecule has 174 valence electrons. The predicted molar refractivity (Wildman–Crippen MR) is 122 cm³/mol. The number of carbonyl (C=O) groups excluding carboxylic acids is 2. The summed E-state index contributed by atoms with van der Waals surface area (Å²) in [7, 11) is 2.94. The zero-order valence-corrected chi connectivity index (χ0v) is 18.6. The lowest BCUT2D eigenvalue weighted by Gasteiger charge is -2.30. The van der Waals surface area contributed by atoms with Crippen molar-refractivity contribution in [2.24, 2.45) is 7.05 Å². The Kier molecular flexibility index (Phi) is 5.97. The number of nitrogens with one attached hydrogen (secondary N) is 2. The molecule has 0 fully saturated rings. The first-order chi connectivity index (χ1) is 16.2. The molecule has 0 aliphatic carbocycles. The van der Waals surface area contributed by atoms with Gasteiger partial charge in [-0.1, -0.05) is 12.1 Å². The maximum Gasteiger partial charge on any atom is 0.321 e. The largest absolute Gasteiger partial charge is 0.327 e. The number of carbonyl (C=O) groups is 2. The summed E-state index contributed by atoms with van der Waals surface area (Å²) in [6, 6.07) is 8.20. The van der Waals surface area contributed by atoms with Crippen molar-refractivity contribution < 1.29 is 18.4 Å². The molecule has 34 heavy (non-hydrogen) atoms. The zero-order chi connectivity index (χ0) is 24.6. The summed E-state index contributed by atoms with van der Waals surface area (Å²) < 4.78 is 29.2. The maximum atomic E-state index is 14.8. The number of hydrogen-bond donors (Lipinski definition) is 2. The minimum atomic E-state index is -0.822. The average molecular weight is 465 g/mol. The van der Waals surface area contributed by atoms with Crippen molar-refractivity contribution in [1.29, 1.82) is 0 Å². The molecular weight excluding hydrogens is 444 g/mol. The van der Waals surface area contributed by atoms with Crippen LogP contribution in [0.25, 0.3) is 11.1 Å².